The highest BCUT2D eigenvalue weighted by Crippen LogP contribution is 2.26. The molecule has 1 aromatic rings. The summed E-state index contributed by atoms with van der Waals surface area (Å²) in [6.45, 7) is -0.428. The zero-order valence-electron chi connectivity index (χ0n) is 10.6. The first-order valence-electron chi connectivity index (χ1n) is 5.38. The van der Waals surface area contributed by atoms with Gasteiger partial charge in [-0.05, 0) is 0 Å². The van der Waals surface area contributed by atoms with Gasteiger partial charge >= 0.3 is 11.9 Å². The van der Waals surface area contributed by atoms with E-state index < -0.39 is 11.9 Å². The van der Waals surface area contributed by atoms with Crippen LogP contribution in [0.25, 0.3) is 0 Å². The number of anilines is 1. The van der Waals surface area contributed by atoms with Crippen LogP contribution in [0.2, 0.25) is 0 Å². The van der Waals surface area contributed by atoms with Crippen molar-refractivity contribution in [3.05, 3.63) is 18.2 Å². The van der Waals surface area contributed by atoms with Crippen molar-refractivity contribution < 1.29 is 29.3 Å². The van der Waals surface area contributed by atoms with Crippen LogP contribution in [0.3, 0.4) is 0 Å². The number of carbonyl (C=O) groups excluding carboxylic acids is 2. The SMILES string of the molecule is COC(=O)CN(CC(=O)OC)c1cc(O)cc(O)c1. The fourth-order valence-corrected chi connectivity index (χ4v) is 1.44. The van der Waals surface area contributed by atoms with Gasteiger partial charge in [-0.3, -0.25) is 9.59 Å². The molecule has 0 aliphatic carbocycles. The van der Waals surface area contributed by atoms with Gasteiger partial charge in [0, 0.05) is 23.9 Å². The zero-order valence-corrected chi connectivity index (χ0v) is 10.6. The first-order chi connectivity index (χ1) is 8.96. The summed E-state index contributed by atoms with van der Waals surface area (Å²) in [5.74, 6) is -1.50. The molecule has 1 aromatic carbocycles. The van der Waals surface area contributed by atoms with Crippen molar-refractivity contribution in [1.82, 2.24) is 0 Å². The van der Waals surface area contributed by atoms with E-state index >= 15 is 0 Å². The molecular formula is C12H15NO6. The van der Waals surface area contributed by atoms with Crippen LogP contribution in [0, 0.1) is 0 Å². The summed E-state index contributed by atoms with van der Waals surface area (Å²) in [4.78, 5) is 23.9. The molecule has 0 amide bonds. The van der Waals surface area contributed by atoms with Crippen molar-refractivity contribution in [3.63, 3.8) is 0 Å². The van der Waals surface area contributed by atoms with Crippen molar-refractivity contribution >= 4 is 17.6 Å². The predicted octanol–water partition coefficient (Wildman–Crippen LogP) is 0.250. The minimum absolute atomic E-state index is 0.185. The maximum atomic E-state index is 11.3. The van der Waals surface area contributed by atoms with E-state index in [0.717, 1.165) is 6.07 Å². The summed E-state index contributed by atoms with van der Waals surface area (Å²) in [7, 11) is 2.44. The average molecular weight is 269 g/mol. The van der Waals surface area contributed by atoms with Crippen molar-refractivity contribution in [2.45, 2.75) is 0 Å². The number of phenolic OH excluding ortho intramolecular Hbond substituents is 2. The Kier molecular flexibility index (Phi) is 4.99. The first kappa shape index (κ1) is 14.6. The predicted molar refractivity (Wildman–Crippen MR) is 66.0 cm³/mol. The normalized spacial score (nSPS) is 9.79. The van der Waals surface area contributed by atoms with Gasteiger partial charge < -0.3 is 24.6 Å². The number of phenols is 2. The average Bonchev–Trinajstić information content (AvgIpc) is 2.36. The van der Waals surface area contributed by atoms with E-state index in [2.05, 4.69) is 9.47 Å². The van der Waals surface area contributed by atoms with E-state index in [1.165, 1.54) is 31.3 Å². The molecule has 104 valence electrons. The van der Waals surface area contributed by atoms with E-state index in [4.69, 9.17) is 0 Å². The molecule has 7 nitrogen and oxygen atoms in total. The lowest BCUT2D eigenvalue weighted by atomic mass is 10.2. The number of carbonyl (C=O) groups is 2. The molecule has 0 aliphatic rings. The number of aromatic hydroxyl groups is 2. The number of rotatable bonds is 5. The largest absolute Gasteiger partial charge is 0.508 e. The topological polar surface area (TPSA) is 96.3 Å². The Morgan fingerprint density at radius 3 is 1.79 bits per heavy atom. The minimum Gasteiger partial charge on any atom is -0.508 e. The molecule has 1 rings (SSSR count). The molecule has 0 spiro atoms. The fraction of sp³-hybridized carbons (Fsp3) is 0.333. The van der Waals surface area contributed by atoms with Gasteiger partial charge in [0.1, 0.15) is 24.6 Å². The van der Waals surface area contributed by atoms with E-state index in [-0.39, 0.29) is 24.6 Å². The van der Waals surface area contributed by atoms with Crippen LogP contribution in [-0.2, 0) is 19.1 Å². The number of hydrogen-bond acceptors (Lipinski definition) is 7. The summed E-state index contributed by atoms with van der Waals surface area (Å²) in [6.07, 6.45) is 0. The standard InChI is InChI=1S/C12H15NO6/c1-18-11(16)6-13(7-12(17)19-2)8-3-9(14)5-10(15)4-8/h3-5,14-15H,6-7H2,1-2H3. The number of benzene rings is 1. The highest BCUT2D eigenvalue weighted by molar-refractivity contribution is 5.81. The monoisotopic (exact) mass is 269 g/mol. The van der Waals surface area contributed by atoms with E-state index in [1.54, 1.807) is 0 Å². The summed E-state index contributed by atoms with van der Waals surface area (Å²) in [5.41, 5.74) is 0.299. The Morgan fingerprint density at radius 1 is 1.00 bits per heavy atom. The van der Waals surface area contributed by atoms with Crippen LogP contribution in [0.1, 0.15) is 0 Å². The maximum absolute atomic E-state index is 11.3. The molecule has 0 atom stereocenters. The van der Waals surface area contributed by atoms with Crippen LogP contribution in [0.5, 0.6) is 11.5 Å². The Bertz CT molecular complexity index is 435. The first-order valence-corrected chi connectivity index (χ1v) is 5.38. The van der Waals surface area contributed by atoms with Crippen molar-refractivity contribution in [2.75, 3.05) is 32.2 Å². The van der Waals surface area contributed by atoms with Crippen molar-refractivity contribution in [3.8, 4) is 11.5 Å². The second kappa shape index (κ2) is 6.48. The minimum atomic E-state index is -0.563. The van der Waals surface area contributed by atoms with Crippen molar-refractivity contribution in [1.29, 1.82) is 0 Å². The zero-order chi connectivity index (χ0) is 14.4. The molecule has 0 fully saturated rings. The van der Waals surface area contributed by atoms with Crippen LogP contribution >= 0.6 is 0 Å². The van der Waals surface area contributed by atoms with Gasteiger partial charge in [-0.25, -0.2) is 0 Å². The van der Waals surface area contributed by atoms with Gasteiger partial charge in [0.05, 0.1) is 14.2 Å². The molecular weight excluding hydrogens is 254 g/mol. The molecule has 2 N–H and O–H groups in total. The third-order valence-electron chi connectivity index (χ3n) is 2.35. The summed E-state index contributed by atoms with van der Waals surface area (Å²) >= 11 is 0. The Morgan fingerprint density at radius 2 is 1.42 bits per heavy atom. The highest BCUT2D eigenvalue weighted by atomic mass is 16.5. The van der Waals surface area contributed by atoms with Crippen molar-refractivity contribution in [2.24, 2.45) is 0 Å². The molecule has 0 heterocycles. The third kappa shape index (κ3) is 4.38. The Labute approximate surface area is 110 Å². The lowest BCUT2D eigenvalue weighted by Gasteiger charge is -2.22. The van der Waals surface area contributed by atoms with Gasteiger partial charge in [-0.2, -0.15) is 0 Å². The van der Waals surface area contributed by atoms with Gasteiger partial charge in [0.15, 0.2) is 0 Å². The van der Waals surface area contributed by atoms with Gasteiger partial charge in [-0.15, -0.1) is 0 Å². The van der Waals surface area contributed by atoms with E-state index in [0.29, 0.717) is 5.69 Å². The summed E-state index contributed by atoms with van der Waals surface area (Å²) < 4.78 is 9.04. The molecule has 19 heavy (non-hydrogen) atoms. The van der Waals surface area contributed by atoms with Crippen LogP contribution in [-0.4, -0.2) is 49.5 Å². The molecule has 0 saturated carbocycles. The van der Waals surface area contributed by atoms with Crippen LogP contribution in [0.4, 0.5) is 5.69 Å². The smallest absolute Gasteiger partial charge is 0.325 e. The third-order valence-corrected chi connectivity index (χ3v) is 2.35. The fourth-order valence-electron chi connectivity index (χ4n) is 1.44. The summed E-state index contributed by atoms with van der Waals surface area (Å²) in [6, 6.07) is 3.76. The van der Waals surface area contributed by atoms with Gasteiger partial charge in [-0.1, -0.05) is 0 Å². The number of hydrogen-bond donors (Lipinski definition) is 2. The molecule has 0 aliphatic heterocycles. The summed E-state index contributed by atoms with van der Waals surface area (Å²) in [5, 5.41) is 18.8. The number of esters is 2. The number of ether oxygens (including phenoxy) is 2. The van der Waals surface area contributed by atoms with Crippen LogP contribution < -0.4 is 4.90 Å². The molecule has 0 saturated heterocycles. The highest BCUT2D eigenvalue weighted by Gasteiger charge is 2.17. The number of methoxy groups -OCH3 is 2. The van der Waals surface area contributed by atoms with Gasteiger partial charge in [0.2, 0.25) is 0 Å². The van der Waals surface area contributed by atoms with E-state index in [1.807, 2.05) is 0 Å². The lowest BCUT2D eigenvalue weighted by Crippen LogP contribution is -2.35. The molecule has 0 aromatic heterocycles. The molecule has 0 bridgehead atoms. The second-order valence-electron chi connectivity index (χ2n) is 3.72. The van der Waals surface area contributed by atoms with Crippen LogP contribution in [0.15, 0.2) is 18.2 Å². The molecule has 0 radical (unpaired) electrons. The quantitative estimate of drug-likeness (QED) is 0.739. The van der Waals surface area contributed by atoms with E-state index in [9.17, 15) is 19.8 Å². The maximum Gasteiger partial charge on any atom is 0.325 e. The second-order valence-corrected chi connectivity index (χ2v) is 3.72. The molecule has 0 unspecified atom stereocenters. The number of nitrogens with zero attached hydrogens (tertiary/aromatic N) is 1. The Hall–Kier alpha value is -2.44. The lowest BCUT2D eigenvalue weighted by molar-refractivity contribution is -0.140. The Balaban J connectivity index is 2.99. The van der Waals surface area contributed by atoms with Gasteiger partial charge in [0.25, 0.3) is 0 Å². The molecule has 7 heteroatoms.